The number of carbonyl (C=O) groups is 2. The van der Waals surface area contributed by atoms with Gasteiger partial charge in [0, 0.05) is 6.54 Å². The van der Waals surface area contributed by atoms with Crippen LogP contribution >= 0.6 is 0 Å². The summed E-state index contributed by atoms with van der Waals surface area (Å²) in [6.07, 6.45) is 4.23. The molecule has 1 rings (SSSR count). The largest absolute Gasteiger partial charge is 0.467 e. The second kappa shape index (κ2) is 8.71. The Morgan fingerprint density at radius 2 is 2.24 bits per heavy atom. The van der Waals surface area contributed by atoms with Crippen molar-refractivity contribution >= 4 is 11.9 Å². The average Bonchev–Trinajstić information content (AvgIpc) is 2.90. The number of nitrogens with zero attached hydrogens (tertiary/aromatic N) is 3. The normalized spacial score (nSPS) is 9.95. The summed E-state index contributed by atoms with van der Waals surface area (Å²) in [5.41, 5.74) is 2.39. The maximum atomic E-state index is 12.0. The van der Waals surface area contributed by atoms with E-state index in [4.69, 9.17) is 10.1 Å². The molecule has 0 spiro atoms. The van der Waals surface area contributed by atoms with Crippen LogP contribution in [0, 0.1) is 11.3 Å². The number of amides is 1. The molecular formula is C13H18N4O4. The van der Waals surface area contributed by atoms with E-state index in [0.29, 0.717) is 6.54 Å². The number of unbranched alkanes of at least 4 members (excludes halogenated alkanes) is 2. The van der Waals surface area contributed by atoms with Gasteiger partial charge in [0.15, 0.2) is 6.61 Å². The van der Waals surface area contributed by atoms with Crippen molar-refractivity contribution < 1.29 is 19.2 Å². The van der Waals surface area contributed by atoms with Crippen LogP contribution < -0.4 is 5.48 Å². The number of hydroxylamine groups is 1. The SMILES string of the molecule is CCCCCn1ncc(C#N)c1C(=O)NOCC(=O)OC. The molecule has 1 amide bonds. The summed E-state index contributed by atoms with van der Waals surface area (Å²) in [4.78, 5) is 27.6. The number of aryl methyl sites for hydroxylation is 1. The van der Waals surface area contributed by atoms with Gasteiger partial charge in [-0.15, -0.1) is 0 Å². The van der Waals surface area contributed by atoms with Crippen LogP contribution in [0.4, 0.5) is 0 Å². The molecule has 0 atom stereocenters. The predicted molar refractivity (Wildman–Crippen MR) is 71.9 cm³/mol. The quantitative estimate of drug-likeness (QED) is 0.431. The number of hydrogen-bond acceptors (Lipinski definition) is 6. The lowest BCUT2D eigenvalue weighted by molar-refractivity contribution is -0.147. The first-order valence-electron chi connectivity index (χ1n) is 6.58. The van der Waals surface area contributed by atoms with Crippen molar-refractivity contribution in [2.75, 3.05) is 13.7 Å². The number of aromatic nitrogens is 2. The summed E-state index contributed by atoms with van der Waals surface area (Å²) in [5, 5.41) is 13.0. The van der Waals surface area contributed by atoms with Gasteiger partial charge in [0.1, 0.15) is 17.3 Å². The Hall–Kier alpha value is -2.40. The van der Waals surface area contributed by atoms with Gasteiger partial charge in [-0.2, -0.15) is 10.4 Å². The molecule has 0 aliphatic heterocycles. The standard InChI is InChI=1S/C13H18N4O4/c1-3-4-5-6-17-12(10(7-14)8-15-17)13(19)16-21-9-11(18)20-2/h8H,3-6,9H2,1-2H3,(H,16,19). The van der Waals surface area contributed by atoms with Crippen LogP contribution in [-0.4, -0.2) is 35.4 Å². The molecule has 0 radical (unpaired) electrons. The highest BCUT2D eigenvalue weighted by Gasteiger charge is 2.19. The van der Waals surface area contributed by atoms with E-state index in [1.807, 2.05) is 6.07 Å². The van der Waals surface area contributed by atoms with Gasteiger partial charge in [0.25, 0.3) is 5.91 Å². The van der Waals surface area contributed by atoms with Crippen molar-refractivity contribution in [3.8, 4) is 6.07 Å². The zero-order valence-corrected chi connectivity index (χ0v) is 12.1. The minimum absolute atomic E-state index is 0.124. The molecule has 0 aliphatic rings. The highest BCUT2D eigenvalue weighted by molar-refractivity contribution is 5.94. The molecule has 21 heavy (non-hydrogen) atoms. The molecule has 1 aromatic heterocycles. The number of rotatable bonds is 8. The van der Waals surface area contributed by atoms with Crippen LogP contribution in [0.1, 0.15) is 42.2 Å². The van der Waals surface area contributed by atoms with Crippen LogP contribution in [0.2, 0.25) is 0 Å². The van der Waals surface area contributed by atoms with Gasteiger partial charge >= 0.3 is 5.97 Å². The van der Waals surface area contributed by atoms with Gasteiger partial charge in [0.05, 0.1) is 13.3 Å². The Balaban J connectivity index is 2.70. The van der Waals surface area contributed by atoms with Crippen LogP contribution in [0.25, 0.3) is 0 Å². The van der Waals surface area contributed by atoms with E-state index in [1.165, 1.54) is 18.0 Å². The summed E-state index contributed by atoms with van der Waals surface area (Å²) >= 11 is 0. The molecule has 0 fully saturated rings. The summed E-state index contributed by atoms with van der Waals surface area (Å²) in [6, 6.07) is 1.91. The summed E-state index contributed by atoms with van der Waals surface area (Å²) in [6.45, 7) is 2.20. The third-order valence-corrected chi connectivity index (χ3v) is 2.73. The average molecular weight is 294 g/mol. The monoisotopic (exact) mass is 294 g/mol. The third-order valence-electron chi connectivity index (χ3n) is 2.73. The number of hydrogen-bond donors (Lipinski definition) is 1. The molecule has 1 N–H and O–H groups in total. The third kappa shape index (κ3) is 4.89. The van der Waals surface area contributed by atoms with Gasteiger partial charge in [-0.05, 0) is 6.42 Å². The fourth-order valence-electron chi connectivity index (χ4n) is 1.66. The van der Waals surface area contributed by atoms with E-state index in [9.17, 15) is 9.59 Å². The van der Waals surface area contributed by atoms with Crippen LogP contribution in [-0.2, 0) is 20.9 Å². The van der Waals surface area contributed by atoms with E-state index in [-0.39, 0.29) is 11.3 Å². The second-order valence-electron chi connectivity index (χ2n) is 4.24. The predicted octanol–water partition coefficient (Wildman–Crippen LogP) is 0.779. The second-order valence-corrected chi connectivity index (χ2v) is 4.24. The number of ether oxygens (including phenoxy) is 1. The van der Waals surface area contributed by atoms with Crippen molar-refractivity contribution in [1.82, 2.24) is 15.3 Å². The Kier molecular flexibility index (Phi) is 6.91. The van der Waals surface area contributed by atoms with Crippen molar-refractivity contribution in [1.29, 1.82) is 5.26 Å². The van der Waals surface area contributed by atoms with E-state index in [0.717, 1.165) is 19.3 Å². The lowest BCUT2D eigenvalue weighted by atomic mass is 10.2. The molecule has 114 valence electrons. The van der Waals surface area contributed by atoms with Crippen molar-refractivity contribution in [3.63, 3.8) is 0 Å². The van der Waals surface area contributed by atoms with Crippen molar-refractivity contribution in [3.05, 3.63) is 17.5 Å². The number of nitriles is 1. The molecule has 0 saturated heterocycles. The Morgan fingerprint density at radius 3 is 2.86 bits per heavy atom. The lowest BCUT2D eigenvalue weighted by Gasteiger charge is -2.08. The van der Waals surface area contributed by atoms with Crippen molar-refractivity contribution in [2.24, 2.45) is 0 Å². The molecular weight excluding hydrogens is 276 g/mol. The zero-order chi connectivity index (χ0) is 15.7. The zero-order valence-electron chi connectivity index (χ0n) is 12.1. The van der Waals surface area contributed by atoms with Gasteiger partial charge < -0.3 is 4.74 Å². The summed E-state index contributed by atoms with van der Waals surface area (Å²) < 4.78 is 5.84. The smallest absolute Gasteiger partial charge is 0.334 e. The maximum absolute atomic E-state index is 12.0. The lowest BCUT2D eigenvalue weighted by Crippen LogP contribution is -2.29. The number of nitrogens with one attached hydrogen (secondary N) is 1. The van der Waals surface area contributed by atoms with E-state index in [1.54, 1.807) is 0 Å². The molecule has 0 bridgehead atoms. The summed E-state index contributed by atoms with van der Waals surface area (Å²) in [5.74, 6) is -1.24. The maximum Gasteiger partial charge on any atom is 0.334 e. The van der Waals surface area contributed by atoms with Crippen LogP contribution in [0.15, 0.2) is 6.20 Å². The Labute approximate surface area is 122 Å². The molecule has 1 aromatic rings. The van der Waals surface area contributed by atoms with E-state index in [2.05, 4.69) is 22.2 Å². The molecule has 8 nitrogen and oxygen atoms in total. The number of carbonyl (C=O) groups excluding carboxylic acids is 2. The van der Waals surface area contributed by atoms with Gasteiger partial charge in [-0.3, -0.25) is 14.3 Å². The van der Waals surface area contributed by atoms with Crippen LogP contribution in [0.5, 0.6) is 0 Å². The molecule has 0 saturated carbocycles. The minimum Gasteiger partial charge on any atom is -0.467 e. The van der Waals surface area contributed by atoms with Gasteiger partial charge in [0.2, 0.25) is 0 Å². The Morgan fingerprint density at radius 1 is 1.48 bits per heavy atom. The fraction of sp³-hybridized carbons (Fsp3) is 0.538. The van der Waals surface area contributed by atoms with E-state index < -0.39 is 18.5 Å². The Bertz CT molecular complexity index is 533. The minimum atomic E-state index is -0.621. The van der Waals surface area contributed by atoms with Crippen molar-refractivity contribution in [2.45, 2.75) is 32.7 Å². The molecule has 0 aromatic carbocycles. The molecule has 8 heteroatoms. The number of methoxy groups -OCH3 is 1. The first kappa shape index (κ1) is 16.7. The van der Waals surface area contributed by atoms with Gasteiger partial charge in [-0.25, -0.2) is 10.3 Å². The first-order valence-corrected chi connectivity index (χ1v) is 6.58. The highest BCUT2D eigenvalue weighted by atomic mass is 16.7. The van der Waals surface area contributed by atoms with Gasteiger partial charge in [-0.1, -0.05) is 19.8 Å². The fourth-order valence-corrected chi connectivity index (χ4v) is 1.66. The number of esters is 1. The van der Waals surface area contributed by atoms with E-state index >= 15 is 0 Å². The summed E-state index contributed by atoms with van der Waals surface area (Å²) in [7, 11) is 1.21. The molecule has 0 aliphatic carbocycles. The molecule has 0 unspecified atom stereocenters. The van der Waals surface area contributed by atoms with Crippen LogP contribution in [0.3, 0.4) is 0 Å². The first-order chi connectivity index (χ1) is 10.1. The highest BCUT2D eigenvalue weighted by Crippen LogP contribution is 2.09. The topological polar surface area (TPSA) is 106 Å². The molecule has 1 heterocycles.